The monoisotopic (exact) mass is 223 g/mol. The number of phenolic OH excluding ortho intramolecular Hbond substituents is 2. The van der Waals surface area contributed by atoms with Gasteiger partial charge in [-0.1, -0.05) is 0 Å². The van der Waals surface area contributed by atoms with Gasteiger partial charge in [-0.2, -0.15) is 0 Å². The van der Waals surface area contributed by atoms with E-state index in [1.54, 1.807) is 12.1 Å². The van der Waals surface area contributed by atoms with Gasteiger partial charge in [0.25, 0.3) is 0 Å². The van der Waals surface area contributed by atoms with E-state index < -0.39 is 0 Å². The molecule has 1 aromatic rings. The quantitative estimate of drug-likeness (QED) is 0.676. The summed E-state index contributed by atoms with van der Waals surface area (Å²) in [6.07, 6.45) is 3.06. The normalized spacial score (nSPS) is 17.1. The molecule has 0 heterocycles. The number of hydrogen-bond acceptors (Lipinski definition) is 4. The molecule has 0 aliphatic heterocycles. The summed E-state index contributed by atoms with van der Waals surface area (Å²) in [6.45, 7) is 0.629. The second kappa shape index (κ2) is 3.87. The number of rotatable bonds is 4. The van der Waals surface area contributed by atoms with Gasteiger partial charge >= 0.3 is 0 Å². The highest BCUT2D eigenvalue weighted by Crippen LogP contribution is 2.53. The summed E-state index contributed by atoms with van der Waals surface area (Å²) in [6, 6.07) is 3.40. The zero-order chi connectivity index (χ0) is 11.8. The molecule has 0 aromatic heterocycles. The molecule has 88 valence electrons. The van der Waals surface area contributed by atoms with Gasteiger partial charge in [0, 0.05) is 0 Å². The minimum atomic E-state index is -0.199. The summed E-state index contributed by atoms with van der Waals surface area (Å²) in [5.41, 5.74) is 6.68. The number of phenols is 2. The number of nitrogens with two attached hydrogens (primary N) is 1. The molecule has 0 radical (unpaired) electrons. The van der Waals surface area contributed by atoms with E-state index in [9.17, 15) is 10.2 Å². The van der Waals surface area contributed by atoms with Crippen molar-refractivity contribution in [3.63, 3.8) is 0 Å². The smallest absolute Gasteiger partial charge is 0.200 e. The number of aromatic hydroxyl groups is 2. The van der Waals surface area contributed by atoms with Gasteiger partial charge in [0.2, 0.25) is 5.75 Å². The molecule has 4 nitrogen and oxygen atoms in total. The average Bonchev–Trinajstić information content (AvgIpc) is 3.03. The fraction of sp³-hybridized carbons (Fsp3) is 0.500. The summed E-state index contributed by atoms with van der Waals surface area (Å²) in [5, 5.41) is 19.1. The van der Waals surface area contributed by atoms with Crippen molar-refractivity contribution in [3.05, 3.63) is 17.7 Å². The van der Waals surface area contributed by atoms with Crippen LogP contribution in [0.25, 0.3) is 0 Å². The third-order valence-corrected chi connectivity index (χ3v) is 3.36. The molecule has 1 saturated carbocycles. The Bertz CT molecular complexity index is 399. The molecule has 0 spiro atoms. The molecule has 4 N–H and O–H groups in total. The van der Waals surface area contributed by atoms with Gasteiger partial charge in [-0.25, -0.2) is 0 Å². The lowest BCUT2D eigenvalue weighted by atomic mass is 9.92. The van der Waals surface area contributed by atoms with Crippen LogP contribution in [0, 0.1) is 0 Å². The van der Waals surface area contributed by atoms with E-state index in [4.69, 9.17) is 10.5 Å². The summed E-state index contributed by atoms with van der Waals surface area (Å²) in [4.78, 5) is 0. The lowest BCUT2D eigenvalue weighted by Gasteiger charge is -2.16. The Morgan fingerprint density at radius 3 is 2.56 bits per heavy atom. The third kappa shape index (κ3) is 1.69. The largest absolute Gasteiger partial charge is 0.504 e. The van der Waals surface area contributed by atoms with Crippen LogP contribution in [0.3, 0.4) is 0 Å². The van der Waals surface area contributed by atoms with Crippen LogP contribution in [0.5, 0.6) is 17.2 Å². The van der Waals surface area contributed by atoms with E-state index in [0.717, 1.165) is 24.8 Å². The second-order valence-corrected chi connectivity index (χ2v) is 4.37. The second-order valence-electron chi connectivity index (χ2n) is 4.37. The standard InChI is InChI=1S/C12H17NO3/c1-16-10-7-8(6-9(14)11(10)15)12(2-3-12)4-5-13/h6-7,14-15H,2-5,13H2,1H3. The molecular formula is C12H17NO3. The maximum atomic E-state index is 9.61. The minimum Gasteiger partial charge on any atom is -0.504 e. The first kappa shape index (κ1) is 11.1. The van der Waals surface area contributed by atoms with Crippen molar-refractivity contribution < 1.29 is 14.9 Å². The molecule has 0 unspecified atom stereocenters. The molecule has 16 heavy (non-hydrogen) atoms. The average molecular weight is 223 g/mol. The minimum absolute atomic E-state index is 0.0905. The Morgan fingerprint density at radius 2 is 2.06 bits per heavy atom. The van der Waals surface area contributed by atoms with Crippen molar-refractivity contribution in [3.8, 4) is 17.2 Å². The van der Waals surface area contributed by atoms with E-state index >= 15 is 0 Å². The van der Waals surface area contributed by atoms with E-state index in [2.05, 4.69) is 0 Å². The SMILES string of the molecule is COc1cc(C2(CCN)CC2)cc(O)c1O. The zero-order valence-electron chi connectivity index (χ0n) is 9.36. The predicted octanol–water partition coefficient (Wildman–Crippen LogP) is 1.49. The maximum absolute atomic E-state index is 9.61. The van der Waals surface area contributed by atoms with Crippen LogP contribution in [0.1, 0.15) is 24.8 Å². The van der Waals surface area contributed by atoms with E-state index in [-0.39, 0.29) is 16.9 Å². The molecule has 1 aromatic carbocycles. The molecule has 2 rings (SSSR count). The molecule has 4 heteroatoms. The van der Waals surface area contributed by atoms with Crippen molar-refractivity contribution in [1.29, 1.82) is 0 Å². The topological polar surface area (TPSA) is 75.7 Å². The van der Waals surface area contributed by atoms with Crippen molar-refractivity contribution >= 4 is 0 Å². The Labute approximate surface area is 94.7 Å². The molecule has 0 bridgehead atoms. The number of methoxy groups -OCH3 is 1. The molecule has 0 saturated heterocycles. The van der Waals surface area contributed by atoms with E-state index in [1.165, 1.54) is 7.11 Å². The van der Waals surface area contributed by atoms with Crippen LogP contribution in [0.15, 0.2) is 12.1 Å². The fourth-order valence-electron chi connectivity index (χ4n) is 2.17. The van der Waals surface area contributed by atoms with Crippen LogP contribution in [0.4, 0.5) is 0 Å². The summed E-state index contributed by atoms with van der Waals surface area (Å²) in [5.74, 6) is -0.00857. The van der Waals surface area contributed by atoms with Crippen molar-refractivity contribution in [1.82, 2.24) is 0 Å². The molecule has 1 aliphatic rings. The first-order valence-corrected chi connectivity index (χ1v) is 5.43. The first-order chi connectivity index (χ1) is 7.63. The van der Waals surface area contributed by atoms with Gasteiger partial charge in [0.05, 0.1) is 7.11 Å². The highest BCUT2D eigenvalue weighted by Gasteiger charge is 2.44. The van der Waals surface area contributed by atoms with Crippen LogP contribution < -0.4 is 10.5 Å². The highest BCUT2D eigenvalue weighted by atomic mass is 16.5. The summed E-state index contributed by atoms with van der Waals surface area (Å²) < 4.78 is 5.03. The van der Waals surface area contributed by atoms with Gasteiger partial charge in [-0.3, -0.25) is 0 Å². The molecule has 0 amide bonds. The first-order valence-electron chi connectivity index (χ1n) is 5.43. The van der Waals surface area contributed by atoms with Crippen LogP contribution in [0.2, 0.25) is 0 Å². The number of ether oxygens (including phenoxy) is 1. The van der Waals surface area contributed by atoms with Crippen molar-refractivity contribution in [2.75, 3.05) is 13.7 Å². The van der Waals surface area contributed by atoms with E-state index in [1.807, 2.05) is 0 Å². The van der Waals surface area contributed by atoms with Gasteiger partial charge in [-0.15, -0.1) is 0 Å². The van der Waals surface area contributed by atoms with E-state index in [0.29, 0.717) is 12.3 Å². The Balaban J connectivity index is 2.39. The highest BCUT2D eigenvalue weighted by molar-refractivity contribution is 5.54. The molecule has 1 aliphatic carbocycles. The van der Waals surface area contributed by atoms with Crippen LogP contribution >= 0.6 is 0 Å². The van der Waals surface area contributed by atoms with Crippen LogP contribution in [-0.2, 0) is 5.41 Å². The Kier molecular flexibility index (Phi) is 2.68. The Morgan fingerprint density at radius 1 is 1.38 bits per heavy atom. The zero-order valence-corrected chi connectivity index (χ0v) is 9.36. The molecule has 0 atom stereocenters. The number of hydrogen-bond donors (Lipinski definition) is 3. The predicted molar refractivity (Wildman–Crippen MR) is 60.9 cm³/mol. The van der Waals surface area contributed by atoms with Gasteiger partial charge in [0.15, 0.2) is 11.5 Å². The van der Waals surface area contributed by atoms with Gasteiger partial charge in [-0.05, 0) is 48.9 Å². The number of benzene rings is 1. The van der Waals surface area contributed by atoms with Gasteiger partial charge in [0.1, 0.15) is 0 Å². The fourth-order valence-corrected chi connectivity index (χ4v) is 2.17. The van der Waals surface area contributed by atoms with Crippen molar-refractivity contribution in [2.24, 2.45) is 5.73 Å². The van der Waals surface area contributed by atoms with Crippen molar-refractivity contribution in [2.45, 2.75) is 24.7 Å². The summed E-state index contributed by atoms with van der Waals surface area (Å²) in [7, 11) is 1.47. The maximum Gasteiger partial charge on any atom is 0.200 e. The lowest BCUT2D eigenvalue weighted by Crippen LogP contribution is -2.13. The summed E-state index contributed by atoms with van der Waals surface area (Å²) >= 11 is 0. The Hall–Kier alpha value is -1.42. The van der Waals surface area contributed by atoms with Gasteiger partial charge < -0.3 is 20.7 Å². The third-order valence-electron chi connectivity index (χ3n) is 3.36. The molecule has 1 fully saturated rings. The molecular weight excluding hydrogens is 206 g/mol. The van der Waals surface area contributed by atoms with Crippen LogP contribution in [-0.4, -0.2) is 23.9 Å². The lowest BCUT2D eigenvalue weighted by molar-refractivity contribution is 0.349.